The predicted octanol–water partition coefficient (Wildman–Crippen LogP) is 4.87. The molecule has 2 N–H and O–H groups in total. The number of rotatable bonds is 6. The summed E-state index contributed by atoms with van der Waals surface area (Å²) in [6, 6.07) is 0.392. The summed E-state index contributed by atoms with van der Waals surface area (Å²) < 4.78 is 0.800. The second kappa shape index (κ2) is 6.43. The van der Waals surface area contributed by atoms with Gasteiger partial charge in [0.25, 0.3) is 0 Å². The van der Waals surface area contributed by atoms with Crippen LogP contribution in [-0.2, 0) is 0 Å². The Morgan fingerprint density at radius 3 is 2.28 bits per heavy atom. The summed E-state index contributed by atoms with van der Waals surface area (Å²) in [5, 5.41) is 0. The average Bonchev–Trinajstić information content (AvgIpc) is 2.26. The Kier molecular flexibility index (Phi) is 5.98. The van der Waals surface area contributed by atoms with Crippen LogP contribution in [0.5, 0.6) is 0 Å². The van der Waals surface area contributed by atoms with Gasteiger partial charge in [0.2, 0.25) is 0 Å². The maximum Gasteiger partial charge on any atom is 0.0117 e. The molecule has 18 heavy (non-hydrogen) atoms. The highest BCUT2D eigenvalue weighted by molar-refractivity contribution is 14.1. The topological polar surface area (TPSA) is 26.0 Å². The number of hydrogen-bond donors (Lipinski definition) is 1. The maximum atomic E-state index is 6.38. The van der Waals surface area contributed by atoms with Crippen molar-refractivity contribution in [2.75, 3.05) is 0 Å². The Balaban J connectivity index is 2.70. The van der Waals surface area contributed by atoms with E-state index in [-0.39, 0.29) is 0 Å². The van der Waals surface area contributed by atoms with Gasteiger partial charge in [0.15, 0.2) is 0 Å². The molecule has 0 amide bonds. The molecule has 1 nitrogen and oxygen atoms in total. The lowest BCUT2D eigenvalue weighted by Gasteiger charge is -2.61. The van der Waals surface area contributed by atoms with E-state index in [1.165, 1.54) is 12.8 Å². The van der Waals surface area contributed by atoms with Crippen LogP contribution in [0, 0.1) is 29.1 Å². The summed E-state index contributed by atoms with van der Waals surface area (Å²) in [6.07, 6.45) is 3.80. The van der Waals surface area contributed by atoms with Crippen LogP contribution in [0.4, 0.5) is 0 Å². The average molecular weight is 365 g/mol. The minimum Gasteiger partial charge on any atom is -0.327 e. The van der Waals surface area contributed by atoms with Crippen LogP contribution in [0.1, 0.15) is 60.8 Å². The molecule has 0 heterocycles. The normalized spacial score (nSPS) is 39.5. The first-order valence-corrected chi connectivity index (χ1v) is 8.88. The van der Waals surface area contributed by atoms with Crippen LogP contribution < -0.4 is 5.73 Å². The number of nitrogens with two attached hydrogens (primary N) is 1. The SMILES string of the molecule is CCC(N)C1C(C)C(C)C1(C)CC(I)CC(C)C. The largest absolute Gasteiger partial charge is 0.327 e. The number of halogens is 1. The van der Waals surface area contributed by atoms with Gasteiger partial charge < -0.3 is 5.73 Å². The maximum absolute atomic E-state index is 6.38. The van der Waals surface area contributed by atoms with E-state index in [1.54, 1.807) is 0 Å². The standard InChI is InChI=1S/C16H32IN/c1-7-14(18)15-11(4)12(5)16(15,6)9-13(17)8-10(2)3/h10-15H,7-9,18H2,1-6H3. The number of alkyl halides is 1. The van der Waals surface area contributed by atoms with E-state index in [9.17, 15) is 0 Å². The fraction of sp³-hybridized carbons (Fsp3) is 1.00. The molecule has 0 aromatic carbocycles. The smallest absolute Gasteiger partial charge is 0.0117 e. The minimum absolute atomic E-state index is 0.392. The molecule has 0 aromatic heterocycles. The summed E-state index contributed by atoms with van der Waals surface area (Å²) in [5.41, 5.74) is 6.85. The molecule has 1 aliphatic rings. The summed E-state index contributed by atoms with van der Waals surface area (Å²) >= 11 is 2.66. The van der Waals surface area contributed by atoms with Gasteiger partial charge in [-0.05, 0) is 48.3 Å². The highest BCUT2D eigenvalue weighted by atomic mass is 127. The lowest BCUT2D eigenvalue weighted by Crippen LogP contribution is -2.60. The molecule has 0 saturated heterocycles. The second-order valence-electron chi connectivity index (χ2n) is 7.18. The van der Waals surface area contributed by atoms with Crippen molar-refractivity contribution < 1.29 is 0 Å². The van der Waals surface area contributed by atoms with Gasteiger partial charge in [0.1, 0.15) is 0 Å². The molecule has 6 atom stereocenters. The molecule has 1 rings (SSSR count). The summed E-state index contributed by atoms with van der Waals surface area (Å²) in [5.74, 6) is 3.15. The fourth-order valence-electron chi connectivity index (χ4n) is 4.22. The van der Waals surface area contributed by atoms with Gasteiger partial charge in [0.05, 0.1) is 0 Å². The predicted molar refractivity (Wildman–Crippen MR) is 90.1 cm³/mol. The van der Waals surface area contributed by atoms with Crippen molar-refractivity contribution in [3.8, 4) is 0 Å². The molecule has 2 heteroatoms. The van der Waals surface area contributed by atoms with E-state index in [2.05, 4.69) is 64.1 Å². The molecule has 0 aromatic rings. The lowest BCUT2D eigenvalue weighted by molar-refractivity contribution is -0.110. The summed E-state index contributed by atoms with van der Waals surface area (Å²) in [6.45, 7) is 14.2. The molecule has 108 valence electrons. The van der Waals surface area contributed by atoms with Gasteiger partial charge in [-0.15, -0.1) is 0 Å². The molecular weight excluding hydrogens is 333 g/mol. The van der Waals surface area contributed by atoms with Gasteiger partial charge in [-0.1, -0.05) is 64.1 Å². The monoisotopic (exact) mass is 365 g/mol. The highest BCUT2D eigenvalue weighted by Gasteiger charge is 2.56. The summed E-state index contributed by atoms with van der Waals surface area (Å²) in [4.78, 5) is 0. The van der Waals surface area contributed by atoms with Crippen LogP contribution in [0.3, 0.4) is 0 Å². The molecule has 0 aliphatic heterocycles. The van der Waals surface area contributed by atoms with E-state index in [0.717, 1.165) is 34.0 Å². The molecule has 0 bridgehead atoms. The van der Waals surface area contributed by atoms with Crippen molar-refractivity contribution in [3.05, 3.63) is 0 Å². The molecule has 1 fully saturated rings. The van der Waals surface area contributed by atoms with Crippen LogP contribution >= 0.6 is 22.6 Å². The van der Waals surface area contributed by atoms with Crippen LogP contribution in [-0.4, -0.2) is 9.97 Å². The Bertz CT molecular complexity index is 262. The third-order valence-corrected chi connectivity index (χ3v) is 6.43. The van der Waals surface area contributed by atoms with Crippen molar-refractivity contribution in [1.29, 1.82) is 0 Å². The van der Waals surface area contributed by atoms with Crippen molar-refractivity contribution in [3.63, 3.8) is 0 Å². The third kappa shape index (κ3) is 3.23. The minimum atomic E-state index is 0.392. The first kappa shape index (κ1) is 16.7. The molecule has 0 spiro atoms. The zero-order valence-electron chi connectivity index (χ0n) is 13.0. The fourth-order valence-corrected chi connectivity index (χ4v) is 6.19. The van der Waals surface area contributed by atoms with Gasteiger partial charge in [-0.3, -0.25) is 0 Å². The Hall–Kier alpha value is 0.690. The quantitative estimate of drug-likeness (QED) is 0.527. The van der Waals surface area contributed by atoms with E-state index in [0.29, 0.717) is 11.5 Å². The second-order valence-corrected chi connectivity index (χ2v) is 8.94. The van der Waals surface area contributed by atoms with E-state index in [4.69, 9.17) is 5.73 Å². The van der Waals surface area contributed by atoms with E-state index < -0.39 is 0 Å². The molecule has 0 radical (unpaired) electrons. The van der Waals surface area contributed by atoms with E-state index >= 15 is 0 Å². The first-order valence-electron chi connectivity index (χ1n) is 7.63. The van der Waals surface area contributed by atoms with Gasteiger partial charge in [0, 0.05) is 9.97 Å². The highest BCUT2D eigenvalue weighted by Crippen LogP contribution is 2.60. The molecule has 1 aliphatic carbocycles. The van der Waals surface area contributed by atoms with Crippen molar-refractivity contribution >= 4 is 22.6 Å². The van der Waals surface area contributed by atoms with Gasteiger partial charge in [-0.25, -0.2) is 0 Å². The Morgan fingerprint density at radius 1 is 1.28 bits per heavy atom. The molecule has 1 saturated carbocycles. The first-order chi connectivity index (χ1) is 8.24. The lowest BCUT2D eigenvalue weighted by atomic mass is 9.45. The Labute approximate surface area is 128 Å². The zero-order chi connectivity index (χ0) is 14.1. The summed E-state index contributed by atoms with van der Waals surface area (Å²) in [7, 11) is 0. The Morgan fingerprint density at radius 2 is 1.83 bits per heavy atom. The van der Waals surface area contributed by atoms with Gasteiger partial charge in [-0.2, -0.15) is 0 Å². The van der Waals surface area contributed by atoms with Crippen molar-refractivity contribution in [1.82, 2.24) is 0 Å². The van der Waals surface area contributed by atoms with Gasteiger partial charge >= 0.3 is 0 Å². The number of hydrogen-bond acceptors (Lipinski definition) is 1. The third-order valence-electron chi connectivity index (χ3n) is 5.48. The van der Waals surface area contributed by atoms with Crippen LogP contribution in [0.15, 0.2) is 0 Å². The zero-order valence-corrected chi connectivity index (χ0v) is 15.2. The molecular formula is C16H32IN. The molecule has 6 unspecified atom stereocenters. The van der Waals surface area contributed by atoms with Crippen molar-refractivity contribution in [2.24, 2.45) is 34.8 Å². The van der Waals surface area contributed by atoms with Crippen LogP contribution in [0.2, 0.25) is 0 Å². The van der Waals surface area contributed by atoms with Crippen molar-refractivity contribution in [2.45, 2.75) is 70.8 Å². The van der Waals surface area contributed by atoms with Crippen LogP contribution in [0.25, 0.3) is 0 Å². The van der Waals surface area contributed by atoms with E-state index in [1.807, 2.05) is 0 Å².